The molecule has 1 N–H and O–H groups in total. The normalized spacial score (nSPS) is 30.9. The van der Waals surface area contributed by atoms with E-state index in [0.717, 1.165) is 42.4 Å². The van der Waals surface area contributed by atoms with E-state index in [1.165, 1.54) is 12.8 Å². The van der Waals surface area contributed by atoms with E-state index < -0.39 is 0 Å². The molecule has 0 aliphatic heterocycles. The first kappa shape index (κ1) is 15.5. The number of hydrogen-bond donors (Lipinski definition) is 1. The van der Waals surface area contributed by atoms with Gasteiger partial charge in [0.1, 0.15) is 5.82 Å². The average Bonchev–Trinajstić information content (AvgIpc) is 2.83. The minimum absolute atomic E-state index is 0.396. The van der Waals surface area contributed by atoms with Gasteiger partial charge in [-0.25, -0.2) is 4.98 Å². The summed E-state index contributed by atoms with van der Waals surface area (Å²) < 4.78 is 5.33. The highest BCUT2D eigenvalue weighted by Crippen LogP contribution is 2.39. The third kappa shape index (κ3) is 3.60. The Morgan fingerprint density at radius 3 is 2.40 bits per heavy atom. The molecule has 1 aliphatic carbocycles. The van der Waals surface area contributed by atoms with E-state index in [1.54, 1.807) is 0 Å². The van der Waals surface area contributed by atoms with Crippen LogP contribution in [-0.4, -0.2) is 28.9 Å². The SMILES string of the molecule is COCC1CC(C)C(Cc2nc(C(C)C)n[nH]2)C(C)C1. The first-order valence-electron chi connectivity index (χ1n) is 7.91. The highest BCUT2D eigenvalue weighted by molar-refractivity contribution is 4.97. The van der Waals surface area contributed by atoms with Crippen LogP contribution in [0.4, 0.5) is 0 Å². The molecule has 1 aliphatic rings. The molecule has 20 heavy (non-hydrogen) atoms. The Balaban J connectivity index is 1.98. The molecular weight excluding hydrogens is 250 g/mol. The van der Waals surface area contributed by atoms with Gasteiger partial charge in [0.05, 0.1) is 0 Å². The van der Waals surface area contributed by atoms with Gasteiger partial charge in [0.15, 0.2) is 5.82 Å². The molecule has 0 bridgehead atoms. The predicted octanol–water partition coefficient (Wildman–Crippen LogP) is 3.42. The van der Waals surface area contributed by atoms with E-state index in [1.807, 2.05) is 7.11 Å². The Kier molecular flexibility index (Phi) is 5.19. The lowest BCUT2D eigenvalue weighted by Gasteiger charge is -2.38. The van der Waals surface area contributed by atoms with Crippen molar-refractivity contribution in [2.75, 3.05) is 13.7 Å². The lowest BCUT2D eigenvalue weighted by Crippen LogP contribution is -2.33. The molecule has 0 radical (unpaired) electrons. The molecule has 2 rings (SSSR count). The highest BCUT2D eigenvalue weighted by atomic mass is 16.5. The average molecular weight is 279 g/mol. The Hall–Kier alpha value is -0.900. The Morgan fingerprint density at radius 1 is 1.25 bits per heavy atom. The number of H-pyrrole nitrogens is 1. The van der Waals surface area contributed by atoms with Gasteiger partial charge in [-0.15, -0.1) is 0 Å². The summed E-state index contributed by atoms with van der Waals surface area (Å²) in [6.45, 7) is 9.93. The number of nitrogens with zero attached hydrogens (tertiary/aromatic N) is 2. The molecule has 1 fully saturated rings. The van der Waals surface area contributed by atoms with Crippen LogP contribution < -0.4 is 0 Å². The van der Waals surface area contributed by atoms with Crippen molar-refractivity contribution >= 4 is 0 Å². The number of aromatic nitrogens is 3. The zero-order valence-corrected chi connectivity index (χ0v) is 13.5. The molecule has 2 unspecified atom stereocenters. The number of methoxy groups -OCH3 is 1. The van der Waals surface area contributed by atoms with Crippen molar-refractivity contribution in [1.29, 1.82) is 0 Å². The summed E-state index contributed by atoms with van der Waals surface area (Å²) in [5.74, 6) is 5.28. The van der Waals surface area contributed by atoms with Crippen molar-refractivity contribution < 1.29 is 4.74 Å². The summed E-state index contributed by atoms with van der Waals surface area (Å²) in [4.78, 5) is 4.64. The van der Waals surface area contributed by atoms with Crippen molar-refractivity contribution in [3.8, 4) is 0 Å². The summed E-state index contributed by atoms with van der Waals surface area (Å²) in [6.07, 6.45) is 3.57. The van der Waals surface area contributed by atoms with Crippen LogP contribution in [0.1, 0.15) is 58.1 Å². The summed E-state index contributed by atoms with van der Waals surface area (Å²) in [6, 6.07) is 0. The van der Waals surface area contributed by atoms with Crippen LogP contribution in [0.15, 0.2) is 0 Å². The molecular formula is C16H29N3O. The minimum atomic E-state index is 0.396. The van der Waals surface area contributed by atoms with Gasteiger partial charge in [-0.3, -0.25) is 5.10 Å². The molecule has 1 heterocycles. The van der Waals surface area contributed by atoms with Gasteiger partial charge in [0, 0.05) is 26.1 Å². The molecule has 0 amide bonds. The second-order valence-corrected chi connectivity index (χ2v) is 6.91. The van der Waals surface area contributed by atoms with Crippen molar-refractivity contribution in [1.82, 2.24) is 15.2 Å². The summed E-state index contributed by atoms with van der Waals surface area (Å²) in [7, 11) is 1.81. The second-order valence-electron chi connectivity index (χ2n) is 6.91. The molecule has 4 heteroatoms. The van der Waals surface area contributed by atoms with Gasteiger partial charge in [0.25, 0.3) is 0 Å². The number of rotatable bonds is 5. The van der Waals surface area contributed by atoms with Gasteiger partial charge < -0.3 is 4.74 Å². The maximum atomic E-state index is 5.33. The Labute approximate surface area is 122 Å². The standard InChI is InChI=1S/C16H29N3O/c1-10(2)16-17-15(18-19-16)8-14-11(3)6-13(9-20-5)7-12(14)4/h10-14H,6-9H2,1-5H3,(H,17,18,19). The van der Waals surface area contributed by atoms with Crippen LogP contribution in [0.2, 0.25) is 0 Å². The maximum Gasteiger partial charge on any atom is 0.153 e. The molecule has 1 aromatic rings. The molecule has 114 valence electrons. The first-order chi connectivity index (χ1) is 9.51. The zero-order chi connectivity index (χ0) is 14.7. The largest absolute Gasteiger partial charge is 0.384 e. The van der Waals surface area contributed by atoms with Crippen molar-refractivity contribution in [3.63, 3.8) is 0 Å². The van der Waals surface area contributed by atoms with Crippen LogP contribution in [0.5, 0.6) is 0 Å². The monoisotopic (exact) mass is 279 g/mol. The van der Waals surface area contributed by atoms with E-state index in [-0.39, 0.29) is 0 Å². The third-order valence-corrected chi connectivity index (χ3v) is 4.77. The van der Waals surface area contributed by atoms with Gasteiger partial charge in [-0.05, 0) is 36.5 Å². The fraction of sp³-hybridized carbons (Fsp3) is 0.875. The molecule has 0 aromatic carbocycles. The number of nitrogens with one attached hydrogen (secondary N) is 1. The van der Waals surface area contributed by atoms with Crippen LogP contribution in [0.3, 0.4) is 0 Å². The first-order valence-corrected chi connectivity index (χ1v) is 7.91. The van der Waals surface area contributed by atoms with E-state index >= 15 is 0 Å². The fourth-order valence-electron chi connectivity index (χ4n) is 3.72. The summed E-state index contributed by atoms with van der Waals surface area (Å²) >= 11 is 0. The van der Waals surface area contributed by atoms with E-state index in [0.29, 0.717) is 11.8 Å². The topological polar surface area (TPSA) is 50.8 Å². The molecule has 1 saturated carbocycles. The molecule has 4 nitrogen and oxygen atoms in total. The lowest BCUT2D eigenvalue weighted by molar-refractivity contribution is 0.0636. The summed E-state index contributed by atoms with van der Waals surface area (Å²) in [5.41, 5.74) is 0. The van der Waals surface area contributed by atoms with E-state index in [2.05, 4.69) is 42.9 Å². The molecule has 0 saturated heterocycles. The van der Waals surface area contributed by atoms with Gasteiger partial charge >= 0.3 is 0 Å². The van der Waals surface area contributed by atoms with E-state index in [9.17, 15) is 0 Å². The molecule has 0 spiro atoms. The van der Waals surface area contributed by atoms with Crippen molar-refractivity contribution in [2.24, 2.45) is 23.7 Å². The minimum Gasteiger partial charge on any atom is -0.384 e. The van der Waals surface area contributed by atoms with Crippen LogP contribution >= 0.6 is 0 Å². The number of ether oxygens (including phenoxy) is 1. The van der Waals surface area contributed by atoms with Gasteiger partial charge in [0.2, 0.25) is 0 Å². The Morgan fingerprint density at radius 2 is 1.90 bits per heavy atom. The molecule has 1 aromatic heterocycles. The van der Waals surface area contributed by atoms with E-state index in [4.69, 9.17) is 4.74 Å². The van der Waals surface area contributed by atoms with Gasteiger partial charge in [-0.1, -0.05) is 27.7 Å². The van der Waals surface area contributed by atoms with Crippen LogP contribution in [0.25, 0.3) is 0 Å². The van der Waals surface area contributed by atoms with Crippen molar-refractivity contribution in [2.45, 2.75) is 52.9 Å². The molecule has 2 atom stereocenters. The number of aromatic amines is 1. The quantitative estimate of drug-likeness (QED) is 0.898. The van der Waals surface area contributed by atoms with Crippen molar-refractivity contribution in [3.05, 3.63) is 11.6 Å². The van der Waals surface area contributed by atoms with Crippen LogP contribution in [0, 0.1) is 23.7 Å². The van der Waals surface area contributed by atoms with Gasteiger partial charge in [-0.2, -0.15) is 5.10 Å². The number of hydrogen-bond acceptors (Lipinski definition) is 3. The lowest BCUT2D eigenvalue weighted by atomic mass is 9.68. The summed E-state index contributed by atoms with van der Waals surface area (Å²) in [5, 5.41) is 7.45. The zero-order valence-electron chi connectivity index (χ0n) is 13.5. The third-order valence-electron chi connectivity index (χ3n) is 4.77. The predicted molar refractivity (Wildman–Crippen MR) is 80.6 cm³/mol. The highest BCUT2D eigenvalue weighted by Gasteiger charge is 2.33. The smallest absolute Gasteiger partial charge is 0.153 e. The second kappa shape index (κ2) is 6.70. The fourth-order valence-corrected chi connectivity index (χ4v) is 3.72. The van der Waals surface area contributed by atoms with Crippen LogP contribution in [-0.2, 0) is 11.2 Å². The maximum absolute atomic E-state index is 5.33. The Bertz CT molecular complexity index is 404.